The van der Waals surface area contributed by atoms with Crippen molar-refractivity contribution in [3.05, 3.63) is 41.7 Å². The third-order valence-electron chi connectivity index (χ3n) is 6.28. The Morgan fingerprint density at radius 1 is 1.21 bits per heavy atom. The molecule has 4 rings (SSSR count). The SMILES string of the molecule is COc1ccc(CCC2CCCC(c3c[c-]nc(N4CCCC4)n3)C2)cc1O.[U]. The van der Waals surface area contributed by atoms with Crippen LogP contribution in [0.15, 0.2) is 24.3 Å². The van der Waals surface area contributed by atoms with E-state index in [1.165, 1.54) is 49.8 Å². The zero-order valence-electron chi connectivity index (χ0n) is 17.2. The molecule has 2 heterocycles. The monoisotopic (exact) mass is 618 g/mol. The van der Waals surface area contributed by atoms with E-state index in [9.17, 15) is 5.11 Å². The van der Waals surface area contributed by atoms with Gasteiger partial charge in [0, 0.05) is 44.2 Å². The maximum atomic E-state index is 9.99. The second kappa shape index (κ2) is 10.7. The Bertz CT molecular complexity index is 795. The number of methoxy groups -OCH3 is 1. The minimum absolute atomic E-state index is 0. The summed E-state index contributed by atoms with van der Waals surface area (Å²) < 4.78 is 5.14. The summed E-state index contributed by atoms with van der Waals surface area (Å²) in [7, 11) is 1.58. The molecule has 2 aliphatic rings. The van der Waals surface area contributed by atoms with Crippen LogP contribution in [0, 0.1) is 43.2 Å². The molecule has 1 saturated carbocycles. The van der Waals surface area contributed by atoms with E-state index in [2.05, 4.69) is 22.1 Å². The van der Waals surface area contributed by atoms with E-state index in [-0.39, 0.29) is 36.9 Å². The van der Waals surface area contributed by atoms with Gasteiger partial charge >= 0.3 is 0 Å². The van der Waals surface area contributed by atoms with Gasteiger partial charge < -0.3 is 24.7 Å². The molecule has 0 spiro atoms. The van der Waals surface area contributed by atoms with Gasteiger partial charge in [-0.25, -0.2) is 0 Å². The normalized spacial score (nSPS) is 21.6. The average Bonchev–Trinajstić information content (AvgIpc) is 3.28. The van der Waals surface area contributed by atoms with Crippen LogP contribution in [0.25, 0.3) is 0 Å². The first-order valence-electron chi connectivity index (χ1n) is 10.6. The zero-order valence-corrected chi connectivity index (χ0v) is 21.4. The van der Waals surface area contributed by atoms with E-state index in [1.807, 2.05) is 18.2 Å². The zero-order chi connectivity index (χ0) is 19.3. The minimum atomic E-state index is 0. The smallest absolute Gasteiger partial charge is 0.160 e. The Kier molecular flexibility index (Phi) is 8.27. The molecule has 1 aliphatic heterocycles. The van der Waals surface area contributed by atoms with Gasteiger partial charge in [0.2, 0.25) is 0 Å². The minimum Gasteiger partial charge on any atom is -0.504 e. The van der Waals surface area contributed by atoms with Gasteiger partial charge in [0.1, 0.15) is 5.95 Å². The van der Waals surface area contributed by atoms with Crippen molar-refractivity contribution in [3.8, 4) is 11.5 Å². The van der Waals surface area contributed by atoms with Crippen LogP contribution in [0.1, 0.15) is 62.1 Å². The predicted octanol–water partition coefficient (Wildman–Crippen LogP) is 4.50. The molecule has 0 bridgehead atoms. The van der Waals surface area contributed by atoms with Crippen molar-refractivity contribution in [2.45, 2.75) is 57.3 Å². The number of rotatable bonds is 6. The molecule has 1 aromatic heterocycles. The molecule has 1 aromatic carbocycles. The largest absolute Gasteiger partial charge is 0.504 e. The molecule has 154 valence electrons. The molecule has 2 aromatic rings. The first kappa shape index (κ1) is 22.4. The van der Waals surface area contributed by atoms with E-state index in [0.29, 0.717) is 17.6 Å². The van der Waals surface area contributed by atoms with Crippen LogP contribution in [-0.4, -0.2) is 35.3 Å². The maximum absolute atomic E-state index is 9.99. The van der Waals surface area contributed by atoms with Gasteiger partial charge in [-0.15, -0.1) is 6.07 Å². The van der Waals surface area contributed by atoms with Gasteiger partial charge in [0.25, 0.3) is 0 Å². The standard InChI is InChI=1S/C23H30N3O2.U/c1-28-22-10-9-18(16-21(22)27)8-7-17-5-4-6-19(15-17)20-11-12-24-23(25-20)26-13-2-3-14-26;/h9-11,16-17,19,27H,2-8,13-15H2,1H3;/q-1;. The van der Waals surface area contributed by atoms with Crippen LogP contribution in [0.5, 0.6) is 11.5 Å². The number of phenols is 1. The molecule has 2 unspecified atom stereocenters. The van der Waals surface area contributed by atoms with Crippen molar-refractivity contribution in [3.63, 3.8) is 0 Å². The van der Waals surface area contributed by atoms with E-state index in [4.69, 9.17) is 9.72 Å². The van der Waals surface area contributed by atoms with Crippen LogP contribution >= 0.6 is 0 Å². The number of hydrogen-bond acceptors (Lipinski definition) is 5. The van der Waals surface area contributed by atoms with E-state index >= 15 is 0 Å². The van der Waals surface area contributed by atoms with Crippen molar-refractivity contribution in [2.75, 3.05) is 25.1 Å². The Labute approximate surface area is 197 Å². The molecule has 29 heavy (non-hydrogen) atoms. The van der Waals surface area contributed by atoms with Gasteiger partial charge in [-0.05, 0) is 55.2 Å². The molecule has 1 aliphatic carbocycles. The number of anilines is 1. The van der Waals surface area contributed by atoms with E-state index in [1.54, 1.807) is 7.11 Å². The fourth-order valence-corrected chi connectivity index (χ4v) is 4.68. The van der Waals surface area contributed by atoms with Crippen LogP contribution in [-0.2, 0) is 6.42 Å². The molecular formula is C23H30N3O2U-. The van der Waals surface area contributed by atoms with E-state index in [0.717, 1.165) is 31.9 Å². The predicted molar refractivity (Wildman–Crippen MR) is 110 cm³/mol. The first-order valence-corrected chi connectivity index (χ1v) is 10.6. The number of nitrogens with zero attached hydrogens (tertiary/aromatic N) is 3. The Morgan fingerprint density at radius 3 is 2.79 bits per heavy atom. The number of aryl methyl sites for hydroxylation is 1. The Morgan fingerprint density at radius 2 is 2.03 bits per heavy atom. The first-order chi connectivity index (χ1) is 13.7. The summed E-state index contributed by atoms with van der Waals surface area (Å²) in [5.41, 5.74) is 2.34. The molecular weight excluding hydrogens is 588 g/mol. The van der Waals surface area contributed by atoms with Gasteiger partial charge in [0.05, 0.1) is 7.11 Å². The second-order valence-electron chi connectivity index (χ2n) is 8.19. The van der Waals surface area contributed by atoms with Gasteiger partial charge in [-0.2, -0.15) is 0 Å². The van der Waals surface area contributed by atoms with Gasteiger partial charge in [0.15, 0.2) is 11.5 Å². The summed E-state index contributed by atoms with van der Waals surface area (Å²) in [6.07, 6.45) is 12.7. The third-order valence-corrected chi connectivity index (χ3v) is 6.28. The van der Waals surface area contributed by atoms with Crippen molar-refractivity contribution >= 4 is 5.95 Å². The number of hydrogen-bond donors (Lipinski definition) is 1. The van der Waals surface area contributed by atoms with Crippen molar-refractivity contribution in [1.29, 1.82) is 0 Å². The fourth-order valence-electron chi connectivity index (χ4n) is 4.68. The summed E-state index contributed by atoms with van der Waals surface area (Å²) in [5.74, 6) is 2.85. The van der Waals surface area contributed by atoms with Crippen molar-refractivity contribution < 1.29 is 41.0 Å². The molecule has 2 atom stereocenters. The van der Waals surface area contributed by atoms with Crippen LogP contribution in [0.2, 0.25) is 0 Å². The Balaban J connectivity index is 0.00000240. The Hall–Kier alpha value is -1.25. The van der Waals surface area contributed by atoms with Crippen molar-refractivity contribution in [2.24, 2.45) is 5.92 Å². The average molecular weight is 619 g/mol. The summed E-state index contributed by atoms with van der Waals surface area (Å²) in [4.78, 5) is 11.6. The summed E-state index contributed by atoms with van der Waals surface area (Å²) in [5, 5.41) is 9.99. The fraction of sp³-hybridized carbons (Fsp3) is 0.565. The molecule has 5 nitrogen and oxygen atoms in total. The number of ether oxygens (including phenoxy) is 1. The molecule has 2 fully saturated rings. The van der Waals surface area contributed by atoms with E-state index < -0.39 is 0 Å². The summed E-state index contributed by atoms with van der Waals surface area (Å²) in [6, 6.07) is 7.74. The van der Waals surface area contributed by atoms with Crippen LogP contribution in [0.3, 0.4) is 0 Å². The molecule has 0 radical (unpaired) electrons. The number of phenolic OH excluding ortho intramolecular Hbond substituents is 1. The molecule has 6 heteroatoms. The van der Waals surface area contributed by atoms with Crippen LogP contribution < -0.4 is 9.64 Å². The van der Waals surface area contributed by atoms with Crippen molar-refractivity contribution in [1.82, 2.24) is 9.97 Å². The third kappa shape index (κ3) is 5.67. The maximum Gasteiger partial charge on any atom is 0.160 e. The molecule has 1 saturated heterocycles. The quantitative estimate of drug-likeness (QED) is 0.484. The topological polar surface area (TPSA) is 58.5 Å². The van der Waals surface area contributed by atoms with Gasteiger partial charge in [-0.1, -0.05) is 43.6 Å². The summed E-state index contributed by atoms with van der Waals surface area (Å²) in [6.45, 7) is 2.14. The molecule has 1 N–H and O–H groups in total. The number of aromatic hydroxyl groups is 1. The molecule has 0 amide bonds. The second-order valence-corrected chi connectivity index (χ2v) is 8.19. The number of benzene rings is 1. The number of aromatic nitrogens is 2. The van der Waals surface area contributed by atoms with Crippen LogP contribution in [0.4, 0.5) is 5.95 Å². The van der Waals surface area contributed by atoms with Gasteiger partial charge in [-0.3, -0.25) is 0 Å². The summed E-state index contributed by atoms with van der Waals surface area (Å²) >= 11 is 0.